The monoisotopic (exact) mass is 341 g/mol. The summed E-state index contributed by atoms with van der Waals surface area (Å²) in [5.41, 5.74) is 6.06. The summed E-state index contributed by atoms with van der Waals surface area (Å²) < 4.78 is 27.8. The number of anilines is 1. The molecule has 0 aliphatic heterocycles. The van der Waals surface area contributed by atoms with Crippen LogP contribution < -0.4 is 10.5 Å². The first-order chi connectivity index (χ1) is 9.83. The number of nitrogens with two attached hydrogens (primary N) is 1. The number of sulfonamides is 1. The van der Waals surface area contributed by atoms with Crippen LogP contribution in [0.2, 0.25) is 4.34 Å². The lowest BCUT2D eigenvalue weighted by atomic mass is 10.2. The van der Waals surface area contributed by atoms with Gasteiger partial charge in [-0.25, -0.2) is 13.1 Å². The molecule has 0 saturated heterocycles. The average Bonchev–Trinajstić information content (AvgIpc) is 2.84. The van der Waals surface area contributed by atoms with E-state index < -0.39 is 16.1 Å². The molecule has 1 aromatic carbocycles. The van der Waals surface area contributed by atoms with Crippen molar-refractivity contribution in [3.63, 3.8) is 0 Å². The molecule has 0 saturated carbocycles. The number of thiophene rings is 1. The second-order valence-electron chi connectivity index (χ2n) is 4.35. The highest BCUT2D eigenvalue weighted by Gasteiger charge is 2.21. The van der Waals surface area contributed by atoms with E-state index in [-0.39, 0.29) is 10.6 Å². The summed E-state index contributed by atoms with van der Waals surface area (Å²) in [4.78, 5) is 0.756. The Morgan fingerprint density at radius 3 is 2.62 bits per heavy atom. The number of nitrogens with zero attached hydrogens (tertiary/aromatic N) is 1. The molecule has 0 aliphatic rings. The maximum absolute atomic E-state index is 12.3. The van der Waals surface area contributed by atoms with E-state index in [2.05, 4.69) is 4.72 Å². The molecule has 8 heteroatoms. The van der Waals surface area contributed by atoms with Crippen molar-refractivity contribution in [2.24, 2.45) is 0 Å². The molecule has 0 fully saturated rings. The van der Waals surface area contributed by atoms with Crippen LogP contribution in [0.25, 0.3) is 0 Å². The van der Waals surface area contributed by atoms with Crippen molar-refractivity contribution in [1.82, 2.24) is 4.72 Å². The highest BCUT2D eigenvalue weighted by atomic mass is 35.5. The number of nitrogens with one attached hydrogen (secondary N) is 1. The molecular weight excluding hydrogens is 330 g/mol. The first-order valence-electron chi connectivity index (χ1n) is 5.90. The molecule has 0 radical (unpaired) electrons. The van der Waals surface area contributed by atoms with Gasteiger partial charge in [0, 0.05) is 4.88 Å². The van der Waals surface area contributed by atoms with E-state index in [1.54, 1.807) is 19.1 Å². The SMILES string of the molecule is CC(NS(=O)(=O)c1ccc(C#N)cc1N)c1ccc(Cl)s1. The van der Waals surface area contributed by atoms with E-state index in [0.29, 0.717) is 9.90 Å². The Kier molecular flexibility index (Phi) is 4.54. The Hall–Kier alpha value is -1.59. The van der Waals surface area contributed by atoms with E-state index in [9.17, 15) is 8.42 Å². The molecule has 21 heavy (non-hydrogen) atoms. The predicted molar refractivity (Wildman–Crippen MR) is 83.6 cm³/mol. The van der Waals surface area contributed by atoms with E-state index >= 15 is 0 Å². The number of rotatable bonds is 4. The van der Waals surface area contributed by atoms with E-state index in [4.69, 9.17) is 22.6 Å². The van der Waals surface area contributed by atoms with Crippen molar-refractivity contribution < 1.29 is 8.42 Å². The van der Waals surface area contributed by atoms with Gasteiger partial charge in [-0.15, -0.1) is 11.3 Å². The summed E-state index contributed by atoms with van der Waals surface area (Å²) in [6.45, 7) is 1.72. The minimum absolute atomic E-state index is 0.0398. The van der Waals surface area contributed by atoms with Gasteiger partial charge in [0.05, 0.1) is 27.7 Å². The predicted octanol–water partition coefficient (Wildman–Crippen LogP) is 2.89. The minimum atomic E-state index is -3.77. The van der Waals surface area contributed by atoms with Gasteiger partial charge in [-0.3, -0.25) is 0 Å². The zero-order valence-corrected chi connectivity index (χ0v) is 13.4. The molecule has 110 valence electrons. The van der Waals surface area contributed by atoms with E-state index in [1.165, 1.54) is 29.5 Å². The fraction of sp³-hybridized carbons (Fsp3) is 0.154. The van der Waals surface area contributed by atoms with Gasteiger partial charge in [-0.2, -0.15) is 5.26 Å². The third kappa shape index (κ3) is 3.54. The molecule has 0 amide bonds. The maximum atomic E-state index is 12.3. The Balaban J connectivity index is 2.28. The molecule has 0 bridgehead atoms. The van der Waals surface area contributed by atoms with Crippen molar-refractivity contribution in [3.8, 4) is 6.07 Å². The van der Waals surface area contributed by atoms with Crippen LogP contribution in [0.4, 0.5) is 5.69 Å². The third-order valence-electron chi connectivity index (χ3n) is 2.78. The van der Waals surface area contributed by atoms with E-state index in [0.717, 1.165) is 4.88 Å². The molecule has 2 rings (SSSR count). The van der Waals surface area contributed by atoms with Crippen LogP contribution in [-0.4, -0.2) is 8.42 Å². The van der Waals surface area contributed by atoms with Crippen molar-refractivity contribution in [2.75, 3.05) is 5.73 Å². The first kappa shape index (κ1) is 15.8. The van der Waals surface area contributed by atoms with Crippen LogP contribution in [0, 0.1) is 11.3 Å². The zero-order valence-electron chi connectivity index (χ0n) is 11.0. The fourth-order valence-electron chi connectivity index (χ4n) is 1.78. The van der Waals surface area contributed by atoms with E-state index in [1.807, 2.05) is 6.07 Å². The maximum Gasteiger partial charge on any atom is 0.243 e. The summed E-state index contributed by atoms with van der Waals surface area (Å²) in [5.74, 6) is 0. The lowest BCUT2D eigenvalue weighted by Crippen LogP contribution is -2.27. The first-order valence-corrected chi connectivity index (χ1v) is 8.58. The summed E-state index contributed by atoms with van der Waals surface area (Å²) in [5, 5.41) is 8.77. The topological polar surface area (TPSA) is 96.0 Å². The van der Waals surface area contributed by atoms with Gasteiger partial charge in [-0.1, -0.05) is 11.6 Å². The summed E-state index contributed by atoms with van der Waals surface area (Å²) in [7, 11) is -3.77. The van der Waals surface area contributed by atoms with Gasteiger partial charge in [0.25, 0.3) is 0 Å². The van der Waals surface area contributed by atoms with Crippen molar-refractivity contribution in [2.45, 2.75) is 17.9 Å². The molecule has 1 aromatic heterocycles. The Morgan fingerprint density at radius 2 is 2.10 bits per heavy atom. The number of hydrogen-bond acceptors (Lipinski definition) is 5. The van der Waals surface area contributed by atoms with Gasteiger partial charge in [0.15, 0.2) is 0 Å². The highest BCUT2D eigenvalue weighted by Crippen LogP contribution is 2.28. The van der Waals surface area contributed by atoms with Crippen LogP contribution in [0.3, 0.4) is 0 Å². The second kappa shape index (κ2) is 6.03. The number of halogens is 1. The van der Waals surface area contributed by atoms with Crippen molar-refractivity contribution in [3.05, 3.63) is 45.1 Å². The molecule has 0 spiro atoms. The van der Waals surface area contributed by atoms with Crippen LogP contribution in [0.1, 0.15) is 23.4 Å². The molecule has 1 atom stereocenters. The standard InChI is InChI=1S/C13H12ClN3O2S2/c1-8(11-3-5-13(14)20-11)17-21(18,19)12-4-2-9(7-15)6-10(12)16/h2-6,8,17H,16H2,1H3. The van der Waals surface area contributed by atoms with Gasteiger partial charge in [0.2, 0.25) is 10.0 Å². The molecular formula is C13H12ClN3O2S2. The molecule has 2 aromatic rings. The van der Waals surface area contributed by atoms with Crippen molar-refractivity contribution in [1.29, 1.82) is 5.26 Å². The molecule has 1 heterocycles. The van der Waals surface area contributed by atoms with Gasteiger partial charge in [-0.05, 0) is 37.3 Å². The average molecular weight is 342 g/mol. The van der Waals surface area contributed by atoms with Crippen LogP contribution in [0.5, 0.6) is 0 Å². The Bertz CT molecular complexity index is 809. The highest BCUT2D eigenvalue weighted by molar-refractivity contribution is 7.89. The number of hydrogen-bond donors (Lipinski definition) is 2. The third-order valence-corrected chi connectivity index (χ3v) is 5.81. The van der Waals surface area contributed by atoms with Gasteiger partial charge >= 0.3 is 0 Å². The van der Waals surface area contributed by atoms with Gasteiger partial charge < -0.3 is 5.73 Å². The fourth-order valence-corrected chi connectivity index (χ4v) is 4.25. The van der Waals surface area contributed by atoms with Crippen LogP contribution >= 0.6 is 22.9 Å². The lowest BCUT2D eigenvalue weighted by molar-refractivity contribution is 0.569. The number of nitriles is 1. The van der Waals surface area contributed by atoms with Crippen LogP contribution in [-0.2, 0) is 10.0 Å². The molecule has 3 N–H and O–H groups in total. The smallest absolute Gasteiger partial charge is 0.243 e. The normalized spacial score (nSPS) is 12.8. The Morgan fingerprint density at radius 1 is 1.38 bits per heavy atom. The molecule has 0 aliphatic carbocycles. The largest absolute Gasteiger partial charge is 0.398 e. The number of benzene rings is 1. The molecule has 1 unspecified atom stereocenters. The summed E-state index contributed by atoms with van der Waals surface area (Å²) >= 11 is 7.15. The summed E-state index contributed by atoms with van der Waals surface area (Å²) in [6, 6.07) is 9.03. The van der Waals surface area contributed by atoms with Crippen molar-refractivity contribution >= 4 is 38.6 Å². The lowest BCUT2D eigenvalue weighted by Gasteiger charge is -2.14. The minimum Gasteiger partial charge on any atom is -0.398 e. The zero-order chi connectivity index (χ0) is 15.6. The summed E-state index contributed by atoms with van der Waals surface area (Å²) in [6.07, 6.45) is 0. The van der Waals surface area contributed by atoms with Gasteiger partial charge in [0.1, 0.15) is 4.90 Å². The Labute approximate surface area is 132 Å². The number of nitrogen functional groups attached to an aromatic ring is 1. The molecule has 5 nitrogen and oxygen atoms in total. The second-order valence-corrected chi connectivity index (χ2v) is 7.78. The van der Waals surface area contributed by atoms with Crippen LogP contribution in [0.15, 0.2) is 35.2 Å². The quantitative estimate of drug-likeness (QED) is 0.836.